The second-order valence-corrected chi connectivity index (χ2v) is 4.05. The molecule has 0 amide bonds. The average molecular weight is 246 g/mol. The van der Waals surface area contributed by atoms with Crippen LogP contribution < -0.4 is 10.1 Å². The first kappa shape index (κ1) is 12.0. The highest BCUT2D eigenvalue weighted by molar-refractivity contribution is 5.38. The summed E-state index contributed by atoms with van der Waals surface area (Å²) in [4.78, 5) is 3.89. The van der Waals surface area contributed by atoms with Gasteiger partial charge in [-0.3, -0.25) is 0 Å². The number of halogens is 3. The summed E-state index contributed by atoms with van der Waals surface area (Å²) in [6.07, 6.45) is 0.956. The molecule has 0 unspecified atom stereocenters. The lowest BCUT2D eigenvalue weighted by atomic mass is 10.2. The predicted molar refractivity (Wildman–Crippen MR) is 56.8 cm³/mol. The summed E-state index contributed by atoms with van der Waals surface area (Å²) in [7, 11) is 0. The summed E-state index contributed by atoms with van der Waals surface area (Å²) < 4.78 is 39.4. The number of aromatic nitrogens is 1. The number of alkyl halides is 3. The maximum Gasteiger partial charge on any atom is 0.573 e. The summed E-state index contributed by atoms with van der Waals surface area (Å²) in [6.45, 7) is 0. The highest BCUT2D eigenvalue weighted by atomic mass is 19.4. The van der Waals surface area contributed by atoms with Crippen molar-refractivity contribution in [1.29, 1.82) is 0 Å². The minimum Gasteiger partial charge on any atom is -0.404 e. The van der Waals surface area contributed by atoms with Crippen LogP contribution in [-0.4, -0.2) is 17.4 Å². The van der Waals surface area contributed by atoms with Crippen LogP contribution in [0, 0.1) is 0 Å². The third-order valence-electron chi connectivity index (χ3n) is 2.68. The van der Waals surface area contributed by atoms with Crippen LogP contribution in [0.5, 0.6) is 5.75 Å². The van der Waals surface area contributed by atoms with Gasteiger partial charge in [0.1, 0.15) is 11.6 Å². The number of nitrogens with one attached hydrogen (secondary N) is 1. The molecular weight excluding hydrogens is 233 g/mol. The van der Waals surface area contributed by atoms with Crippen molar-refractivity contribution in [1.82, 2.24) is 4.98 Å². The van der Waals surface area contributed by atoms with Crippen LogP contribution in [0.1, 0.15) is 25.7 Å². The molecule has 1 aromatic heterocycles. The zero-order valence-electron chi connectivity index (χ0n) is 9.13. The van der Waals surface area contributed by atoms with Gasteiger partial charge in [-0.2, -0.15) is 0 Å². The minimum atomic E-state index is -4.66. The second-order valence-electron chi connectivity index (χ2n) is 4.05. The van der Waals surface area contributed by atoms with Crippen LogP contribution in [0.15, 0.2) is 18.3 Å². The Kier molecular flexibility index (Phi) is 3.40. The van der Waals surface area contributed by atoms with E-state index in [9.17, 15) is 13.2 Å². The van der Waals surface area contributed by atoms with Crippen molar-refractivity contribution in [2.24, 2.45) is 0 Å². The number of nitrogens with zero attached hydrogens (tertiary/aromatic N) is 1. The van der Waals surface area contributed by atoms with E-state index in [0.717, 1.165) is 19.0 Å². The molecule has 17 heavy (non-hydrogen) atoms. The first-order chi connectivity index (χ1) is 8.03. The Morgan fingerprint density at radius 2 is 1.94 bits per heavy atom. The second kappa shape index (κ2) is 4.81. The Morgan fingerprint density at radius 1 is 1.24 bits per heavy atom. The highest BCUT2D eigenvalue weighted by Gasteiger charge is 2.31. The number of pyridine rings is 1. The van der Waals surface area contributed by atoms with Gasteiger partial charge in [-0.1, -0.05) is 12.8 Å². The van der Waals surface area contributed by atoms with Crippen LogP contribution in [0.4, 0.5) is 19.0 Å². The van der Waals surface area contributed by atoms with E-state index >= 15 is 0 Å². The van der Waals surface area contributed by atoms with E-state index in [4.69, 9.17) is 0 Å². The van der Waals surface area contributed by atoms with E-state index in [1.165, 1.54) is 25.0 Å². The topological polar surface area (TPSA) is 34.1 Å². The van der Waals surface area contributed by atoms with Gasteiger partial charge in [0.15, 0.2) is 0 Å². The van der Waals surface area contributed by atoms with Gasteiger partial charge < -0.3 is 10.1 Å². The Bertz CT molecular complexity index is 358. The fraction of sp³-hybridized carbons (Fsp3) is 0.545. The van der Waals surface area contributed by atoms with Gasteiger partial charge in [-0.05, 0) is 25.0 Å². The number of ether oxygens (including phenoxy) is 1. The molecule has 1 aliphatic rings. The average Bonchev–Trinajstić information content (AvgIpc) is 2.71. The number of hydrogen-bond donors (Lipinski definition) is 1. The molecule has 2 rings (SSSR count). The van der Waals surface area contributed by atoms with E-state index in [1.54, 1.807) is 0 Å². The fourth-order valence-electron chi connectivity index (χ4n) is 1.94. The van der Waals surface area contributed by atoms with Crippen LogP contribution in [-0.2, 0) is 0 Å². The zero-order chi connectivity index (χ0) is 12.3. The van der Waals surface area contributed by atoms with Crippen molar-refractivity contribution in [3.8, 4) is 5.75 Å². The monoisotopic (exact) mass is 246 g/mol. The number of anilines is 1. The number of hydrogen-bond acceptors (Lipinski definition) is 3. The lowest BCUT2D eigenvalue weighted by Crippen LogP contribution is -2.18. The van der Waals surface area contributed by atoms with E-state index in [0.29, 0.717) is 11.9 Å². The summed E-state index contributed by atoms with van der Waals surface area (Å²) in [5, 5.41) is 3.18. The van der Waals surface area contributed by atoms with Crippen molar-refractivity contribution < 1.29 is 17.9 Å². The molecule has 1 saturated carbocycles. The molecule has 6 heteroatoms. The largest absolute Gasteiger partial charge is 0.573 e. The minimum absolute atomic E-state index is 0.297. The molecule has 1 aromatic rings. The Hall–Kier alpha value is -1.46. The molecule has 0 spiro atoms. The van der Waals surface area contributed by atoms with E-state index in [2.05, 4.69) is 15.0 Å². The molecule has 1 N–H and O–H groups in total. The molecule has 0 saturated heterocycles. The maximum atomic E-state index is 11.9. The normalized spacial score (nSPS) is 17.1. The van der Waals surface area contributed by atoms with Crippen molar-refractivity contribution in [2.75, 3.05) is 5.32 Å². The first-order valence-electron chi connectivity index (χ1n) is 5.51. The van der Waals surface area contributed by atoms with Gasteiger partial charge in [0.2, 0.25) is 0 Å². The van der Waals surface area contributed by atoms with Gasteiger partial charge in [0, 0.05) is 6.04 Å². The molecule has 3 nitrogen and oxygen atoms in total. The Morgan fingerprint density at radius 3 is 2.47 bits per heavy atom. The van der Waals surface area contributed by atoms with Gasteiger partial charge in [-0.15, -0.1) is 13.2 Å². The third-order valence-corrected chi connectivity index (χ3v) is 2.68. The van der Waals surface area contributed by atoms with Crippen LogP contribution in [0.2, 0.25) is 0 Å². The molecular formula is C11H13F3N2O. The van der Waals surface area contributed by atoms with Crippen molar-refractivity contribution in [2.45, 2.75) is 38.1 Å². The van der Waals surface area contributed by atoms with E-state index in [-0.39, 0.29) is 5.75 Å². The van der Waals surface area contributed by atoms with Crippen molar-refractivity contribution >= 4 is 5.82 Å². The predicted octanol–water partition coefficient (Wildman–Crippen LogP) is 3.33. The molecule has 1 heterocycles. The Labute approximate surface area is 97.0 Å². The van der Waals surface area contributed by atoms with Crippen LogP contribution in [0.25, 0.3) is 0 Å². The molecule has 0 aromatic carbocycles. The Balaban J connectivity index is 1.93. The van der Waals surface area contributed by atoms with Crippen molar-refractivity contribution in [3.05, 3.63) is 18.3 Å². The van der Waals surface area contributed by atoms with Gasteiger partial charge in [-0.25, -0.2) is 4.98 Å². The van der Waals surface area contributed by atoms with E-state index < -0.39 is 6.36 Å². The first-order valence-corrected chi connectivity index (χ1v) is 5.51. The van der Waals surface area contributed by atoms with Crippen LogP contribution >= 0.6 is 0 Å². The van der Waals surface area contributed by atoms with Gasteiger partial charge in [0.25, 0.3) is 0 Å². The quantitative estimate of drug-likeness (QED) is 0.888. The molecule has 0 bridgehead atoms. The smallest absolute Gasteiger partial charge is 0.404 e. The third kappa shape index (κ3) is 3.80. The summed E-state index contributed by atoms with van der Waals surface area (Å²) in [5.74, 6) is 0.292. The molecule has 1 fully saturated rings. The summed E-state index contributed by atoms with van der Waals surface area (Å²) >= 11 is 0. The molecule has 94 valence electrons. The van der Waals surface area contributed by atoms with Gasteiger partial charge in [0.05, 0.1) is 6.20 Å². The molecule has 0 aliphatic heterocycles. The maximum absolute atomic E-state index is 11.9. The van der Waals surface area contributed by atoms with Gasteiger partial charge >= 0.3 is 6.36 Å². The number of rotatable bonds is 3. The summed E-state index contributed by atoms with van der Waals surface area (Å²) in [5.41, 5.74) is 0. The zero-order valence-corrected chi connectivity index (χ0v) is 9.13. The van der Waals surface area contributed by atoms with Crippen molar-refractivity contribution in [3.63, 3.8) is 0 Å². The summed E-state index contributed by atoms with van der Waals surface area (Å²) in [6, 6.07) is 3.15. The van der Waals surface area contributed by atoms with Crippen LogP contribution in [0.3, 0.4) is 0 Å². The lowest BCUT2D eigenvalue weighted by molar-refractivity contribution is -0.274. The fourth-order valence-corrected chi connectivity index (χ4v) is 1.94. The standard InChI is InChI=1S/C11H13F3N2O/c12-11(13,14)17-9-5-6-10(15-7-9)16-8-3-1-2-4-8/h5-8H,1-4H2,(H,15,16). The molecule has 0 atom stereocenters. The molecule has 1 aliphatic carbocycles. The lowest BCUT2D eigenvalue weighted by Gasteiger charge is -2.13. The SMILES string of the molecule is FC(F)(F)Oc1ccc(NC2CCCC2)nc1. The highest BCUT2D eigenvalue weighted by Crippen LogP contribution is 2.24. The molecule has 0 radical (unpaired) electrons. The van der Waals surface area contributed by atoms with E-state index in [1.807, 2.05) is 0 Å².